The highest BCUT2D eigenvalue weighted by molar-refractivity contribution is 7.89. The third-order valence-corrected chi connectivity index (χ3v) is 4.82. The van der Waals surface area contributed by atoms with E-state index in [0.29, 0.717) is 23.7 Å². The van der Waals surface area contributed by atoms with Gasteiger partial charge in [-0.1, -0.05) is 20.8 Å². The fraction of sp³-hybridized carbons (Fsp3) is 0.600. The van der Waals surface area contributed by atoms with E-state index in [0.717, 1.165) is 5.56 Å². The summed E-state index contributed by atoms with van der Waals surface area (Å²) >= 11 is 0. The minimum atomic E-state index is -3.49. The predicted octanol–water partition coefficient (Wildman–Crippen LogP) is 2.08. The van der Waals surface area contributed by atoms with Gasteiger partial charge in [-0.15, -0.1) is 0 Å². The number of nitrogens with zero attached hydrogens (tertiary/aromatic N) is 1. The molecule has 1 rings (SSSR count). The van der Waals surface area contributed by atoms with E-state index in [1.165, 1.54) is 4.31 Å². The lowest BCUT2D eigenvalue weighted by Gasteiger charge is -2.26. The van der Waals surface area contributed by atoms with Crippen molar-refractivity contribution in [2.45, 2.75) is 32.2 Å². The van der Waals surface area contributed by atoms with Crippen LogP contribution in [0.1, 0.15) is 26.3 Å². The molecular weight excluding hydrogens is 288 g/mol. The van der Waals surface area contributed by atoms with Crippen molar-refractivity contribution in [3.05, 3.63) is 23.8 Å². The maximum Gasteiger partial charge on any atom is 0.242 e. The zero-order valence-electron chi connectivity index (χ0n) is 13.7. The number of ether oxygens (including phenoxy) is 1. The summed E-state index contributed by atoms with van der Waals surface area (Å²) in [5.74, 6) is 0.682. The van der Waals surface area contributed by atoms with E-state index >= 15 is 0 Å². The molecule has 120 valence electrons. The van der Waals surface area contributed by atoms with Crippen LogP contribution in [0.25, 0.3) is 0 Å². The molecule has 1 aromatic carbocycles. The Bertz CT molecular complexity index is 577. The number of nitrogens with one attached hydrogen (secondary N) is 1. The summed E-state index contributed by atoms with van der Waals surface area (Å²) in [6.07, 6.45) is 0. The summed E-state index contributed by atoms with van der Waals surface area (Å²) in [6, 6.07) is 4.96. The molecule has 0 fully saturated rings. The molecule has 0 unspecified atom stereocenters. The topological polar surface area (TPSA) is 58.6 Å². The average Bonchev–Trinajstić information content (AvgIpc) is 2.37. The lowest BCUT2D eigenvalue weighted by atomic mass is 9.97. The molecule has 0 aliphatic heterocycles. The molecule has 0 aromatic heterocycles. The minimum Gasteiger partial charge on any atom is -0.496 e. The van der Waals surface area contributed by atoms with E-state index in [1.54, 1.807) is 32.4 Å². The molecule has 0 radical (unpaired) electrons. The lowest BCUT2D eigenvalue weighted by Crippen LogP contribution is -2.34. The van der Waals surface area contributed by atoms with E-state index in [9.17, 15) is 8.42 Å². The molecule has 5 nitrogen and oxygen atoms in total. The van der Waals surface area contributed by atoms with Crippen LogP contribution in [0.5, 0.6) is 5.75 Å². The zero-order chi connectivity index (χ0) is 16.3. The Morgan fingerprint density at radius 2 is 1.90 bits per heavy atom. The molecule has 1 aromatic rings. The molecule has 0 heterocycles. The van der Waals surface area contributed by atoms with Gasteiger partial charge in [-0.3, -0.25) is 0 Å². The first-order valence-corrected chi connectivity index (χ1v) is 8.33. The number of sulfonamides is 1. The Hall–Kier alpha value is -1.11. The third kappa shape index (κ3) is 4.69. The van der Waals surface area contributed by atoms with Crippen LogP contribution in [0.4, 0.5) is 0 Å². The van der Waals surface area contributed by atoms with Crippen LogP contribution in [0, 0.1) is 5.41 Å². The Morgan fingerprint density at radius 1 is 1.29 bits per heavy atom. The largest absolute Gasteiger partial charge is 0.496 e. The number of methoxy groups -OCH3 is 1. The summed E-state index contributed by atoms with van der Waals surface area (Å²) in [5.41, 5.74) is 0.729. The van der Waals surface area contributed by atoms with Gasteiger partial charge < -0.3 is 10.1 Å². The first-order valence-electron chi connectivity index (χ1n) is 6.89. The SMILES string of the molecule is CNCc1cc(S(=O)(=O)N(C)CC(C)(C)C)ccc1OC. The van der Waals surface area contributed by atoms with Crippen LogP contribution in [0.3, 0.4) is 0 Å². The van der Waals surface area contributed by atoms with Crippen LogP contribution in [0.15, 0.2) is 23.1 Å². The molecule has 0 saturated heterocycles. The Labute approximate surface area is 128 Å². The molecule has 0 spiro atoms. The zero-order valence-corrected chi connectivity index (χ0v) is 14.5. The molecule has 6 heteroatoms. The summed E-state index contributed by atoms with van der Waals surface area (Å²) in [4.78, 5) is 0.292. The van der Waals surface area contributed by atoms with E-state index in [2.05, 4.69) is 5.32 Å². The monoisotopic (exact) mass is 314 g/mol. The lowest BCUT2D eigenvalue weighted by molar-refractivity contribution is 0.310. The second kappa shape index (κ2) is 6.77. The van der Waals surface area contributed by atoms with Crippen molar-refractivity contribution in [2.24, 2.45) is 5.41 Å². The molecule has 0 aliphatic rings. The molecule has 0 aliphatic carbocycles. The normalized spacial score (nSPS) is 12.7. The molecule has 0 saturated carbocycles. The Kier molecular flexibility index (Phi) is 5.78. The van der Waals surface area contributed by atoms with Crippen LogP contribution < -0.4 is 10.1 Å². The number of rotatable bonds is 6. The number of hydrogen-bond acceptors (Lipinski definition) is 4. The molecular formula is C15H26N2O3S. The third-order valence-electron chi connectivity index (χ3n) is 3.02. The fourth-order valence-electron chi connectivity index (χ4n) is 2.18. The second-order valence-electron chi connectivity index (χ2n) is 6.33. The van der Waals surface area contributed by atoms with Crippen LogP contribution in [-0.4, -0.2) is 40.5 Å². The van der Waals surface area contributed by atoms with Crippen molar-refractivity contribution in [3.63, 3.8) is 0 Å². The fourth-order valence-corrected chi connectivity index (χ4v) is 3.63. The summed E-state index contributed by atoms with van der Waals surface area (Å²) in [5, 5.41) is 3.02. The highest BCUT2D eigenvalue weighted by Crippen LogP contribution is 2.25. The van der Waals surface area contributed by atoms with E-state index in [4.69, 9.17) is 4.74 Å². The van der Waals surface area contributed by atoms with Crippen molar-refractivity contribution < 1.29 is 13.2 Å². The van der Waals surface area contributed by atoms with Gasteiger partial charge >= 0.3 is 0 Å². The van der Waals surface area contributed by atoms with Crippen molar-refractivity contribution in [3.8, 4) is 5.75 Å². The first-order chi connectivity index (χ1) is 9.61. The summed E-state index contributed by atoms with van der Waals surface area (Å²) in [7, 11) is 1.52. The van der Waals surface area contributed by atoms with Crippen LogP contribution >= 0.6 is 0 Å². The summed E-state index contributed by atoms with van der Waals surface area (Å²) in [6.45, 7) is 7.05. The van der Waals surface area contributed by atoms with E-state index in [1.807, 2.05) is 27.8 Å². The molecule has 1 N–H and O–H groups in total. The maximum absolute atomic E-state index is 12.6. The Morgan fingerprint density at radius 3 is 2.38 bits per heavy atom. The van der Waals surface area contributed by atoms with Gasteiger partial charge in [-0.05, 0) is 30.7 Å². The highest BCUT2D eigenvalue weighted by atomic mass is 32.2. The van der Waals surface area contributed by atoms with Gasteiger partial charge in [0.1, 0.15) is 5.75 Å². The van der Waals surface area contributed by atoms with Gasteiger partial charge in [-0.25, -0.2) is 12.7 Å². The number of hydrogen-bond donors (Lipinski definition) is 1. The minimum absolute atomic E-state index is 0.0951. The van der Waals surface area contributed by atoms with Gasteiger partial charge in [0.15, 0.2) is 0 Å². The molecule has 0 atom stereocenters. The van der Waals surface area contributed by atoms with Crippen molar-refractivity contribution in [1.82, 2.24) is 9.62 Å². The second-order valence-corrected chi connectivity index (χ2v) is 8.37. The maximum atomic E-state index is 12.6. The quantitative estimate of drug-likeness (QED) is 0.873. The standard InChI is InChI=1S/C15H26N2O3S/c1-15(2,3)11-17(5)21(18,19)13-7-8-14(20-6)12(9-13)10-16-4/h7-9,16H,10-11H2,1-6H3. The van der Waals surface area contributed by atoms with E-state index < -0.39 is 10.0 Å². The van der Waals surface area contributed by atoms with Gasteiger partial charge in [0, 0.05) is 25.7 Å². The first kappa shape index (κ1) is 17.9. The van der Waals surface area contributed by atoms with E-state index in [-0.39, 0.29) is 5.41 Å². The van der Waals surface area contributed by atoms with Crippen molar-refractivity contribution in [1.29, 1.82) is 0 Å². The van der Waals surface area contributed by atoms with Gasteiger partial charge in [0.25, 0.3) is 0 Å². The van der Waals surface area contributed by atoms with Gasteiger partial charge in [0.05, 0.1) is 12.0 Å². The van der Waals surface area contributed by atoms with Crippen molar-refractivity contribution >= 4 is 10.0 Å². The van der Waals surface area contributed by atoms with Crippen molar-refractivity contribution in [2.75, 3.05) is 27.7 Å². The molecule has 0 bridgehead atoms. The smallest absolute Gasteiger partial charge is 0.242 e. The predicted molar refractivity (Wildman–Crippen MR) is 85.0 cm³/mol. The highest BCUT2D eigenvalue weighted by Gasteiger charge is 2.25. The van der Waals surface area contributed by atoms with Gasteiger partial charge in [-0.2, -0.15) is 0 Å². The number of benzene rings is 1. The van der Waals surface area contributed by atoms with Crippen LogP contribution in [0.2, 0.25) is 0 Å². The Balaban J connectivity index is 3.16. The molecule has 0 amide bonds. The summed E-state index contributed by atoms with van der Waals surface area (Å²) < 4.78 is 31.9. The van der Waals surface area contributed by atoms with Crippen LogP contribution in [-0.2, 0) is 16.6 Å². The average molecular weight is 314 g/mol. The van der Waals surface area contributed by atoms with Gasteiger partial charge in [0.2, 0.25) is 10.0 Å². The molecule has 21 heavy (non-hydrogen) atoms.